The van der Waals surface area contributed by atoms with Gasteiger partial charge in [-0.05, 0) is 45.3 Å². The van der Waals surface area contributed by atoms with Gasteiger partial charge in [0.1, 0.15) is 0 Å². The van der Waals surface area contributed by atoms with Crippen LogP contribution in [0.2, 0.25) is 0 Å². The van der Waals surface area contributed by atoms with Crippen LogP contribution in [-0.2, 0) is 0 Å². The Hall–Kier alpha value is -0.120. The molecule has 0 aromatic carbocycles. The van der Waals surface area contributed by atoms with Gasteiger partial charge in [-0.25, -0.2) is 0 Å². The Kier molecular flexibility index (Phi) is 7.20. The van der Waals surface area contributed by atoms with E-state index in [0.29, 0.717) is 18.0 Å². The molecule has 3 heteroatoms. The topological polar surface area (TPSA) is 27.3 Å². The lowest BCUT2D eigenvalue weighted by Gasteiger charge is -2.26. The Morgan fingerprint density at radius 3 is 2.44 bits per heavy atom. The SMILES string of the molecule is CC(C)NC(CNCCC1CCCN1C)C(C)C. The molecule has 2 atom stereocenters. The van der Waals surface area contributed by atoms with Crippen LogP contribution in [0.5, 0.6) is 0 Å². The molecule has 1 aliphatic heterocycles. The zero-order valence-corrected chi connectivity index (χ0v) is 13.0. The molecule has 108 valence electrons. The lowest BCUT2D eigenvalue weighted by atomic mass is 10.0. The van der Waals surface area contributed by atoms with Gasteiger partial charge < -0.3 is 15.5 Å². The third-order valence-electron chi connectivity index (χ3n) is 4.04. The molecule has 0 aromatic heterocycles. The van der Waals surface area contributed by atoms with Crippen LogP contribution in [0.3, 0.4) is 0 Å². The average molecular weight is 255 g/mol. The lowest BCUT2D eigenvalue weighted by molar-refractivity contribution is 0.288. The van der Waals surface area contributed by atoms with Gasteiger partial charge in [-0.1, -0.05) is 27.7 Å². The minimum atomic E-state index is 0.570. The van der Waals surface area contributed by atoms with Crippen LogP contribution in [0.4, 0.5) is 0 Å². The number of rotatable bonds is 8. The zero-order chi connectivity index (χ0) is 13.5. The van der Waals surface area contributed by atoms with Crippen LogP contribution in [-0.4, -0.2) is 49.7 Å². The molecule has 2 unspecified atom stereocenters. The van der Waals surface area contributed by atoms with E-state index in [0.717, 1.165) is 19.1 Å². The van der Waals surface area contributed by atoms with Crippen molar-refractivity contribution in [3.8, 4) is 0 Å². The molecule has 3 nitrogen and oxygen atoms in total. The molecule has 1 rings (SSSR count). The molecule has 2 N–H and O–H groups in total. The summed E-state index contributed by atoms with van der Waals surface area (Å²) in [6.07, 6.45) is 4.06. The Morgan fingerprint density at radius 2 is 1.94 bits per heavy atom. The molecule has 1 saturated heterocycles. The quantitative estimate of drug-likeness (QED) is 0.650. The monoisotopic (exact) mass is 255 g/mol. The normalized spacial score (nSPS) is 23.2. The second kappa shape index (κ2) is 8.13. The van der Waals surface area contributed by atoms with E-state index < -0.39 is 0 Å². The minimum Gasteiger partial charge on any atom is -0.315 e. The molecule has 0 aromatic rings. The average Bonchev–Trinajstić information content (AvgIpc) is 2.68. The zero-order valence-electron chi connectivity index (χ0n) is 13.0. The smallest absolute Gasteiger partial charge is 0.0217 e. The Morgan fingerprint density at radius 1 is 1.22 bits per heavy atom. The fourth-order valence-electron chi connectivity index (χ4n) is 2.79. The second-order valence-corrected chi connectivity index (χ2v) is 6.44. The first-order chi connectivity index (χ1) is 8.50. The first-order valence-corrected chi connectivity index (χ1v) is 7.67. The summed E-state index contributed by atoms with van der Waals surface area (Å²) in [6, 6.07) is 1.97. The van der Waals surface area contributed by atoms with E-state index in [-0.39, 0.29) is 0 Å². The Balaban J connectivity index is 2.14. The number of nitrogens with zero attached hydrogens (tertiary/aromatic N) is 1. The van der Waals surface area contributed by atoms with Crippen LogP contribution in [0.25, 0.3) is 0 Å². The Bertz CT molecular complexity index is 216. The van der Waals surface area contributed by atoms with Gasteiger partial charge in [0.25, 0.3) is 0 Å². The van der Waals surface area contributed by atoms with Gasteiger partial charge in [-0.2, -0.15) is 0 Å². The van der Waals surface area contributed by atoms with E-state index in [1.165, 1.54) is 25.8 Å². The number of hydrogen-bond acceptors (Lipinski definition) is 3. The number of likely N-dealkylation sites (tertiary alicyclic amines) is 1. The molecule has 1 aliphatic rings. The van der Waals surface area contributed by atoms with Crippen LogP contribution in [0, 0.1) is 5.92 Å². The van der Waals surface area contributed by atoms with Gasteiger partial charge >= 0.3 is 0 Å². The van der Waals surface area contributed by atoms with Crippen molar-refractivity contribution in [2.45, 2.75) is 65.1 Å². The highest BCUT2D eigenvalue weighted by Crippen LogP contribution is 2.16. The molecule has 0 aliphatic carbocycles. The summed E-state index contributed by atoms with van der Waals surface area (Å²) in [5, 5.41) is 7.27. The molecule has 0 saturated carbocycles. The second-order valence-electron chi connectivity index (χ2n) is 6.44. The van der Waals surface area contributed by atoms with Crippen molar-refractivity contribution in [1.82, 2.24) is 15.5 Å². The maximum atomic E-state index is 3.64. The predicted octanol–water partition coefficient (Wildman–Crippen LogP) is 2.08. The molecule has 18 heavy (non-hydrogen) atoms. The highest BCUT2D eigenvalue weighted by atomic mass is 15.1. The van der Waals surface area contributed by atoms with Crippen LogP contribution in [0.1, 0.15) is 47.0 Å². The maximum Gasteiger partial charge on any atom is 0.0217 e. The third-order valence-corrected chi connectivity index (χ3v) is 4.04. The summed E-state index contributed by atoms with van der Waals surface area (Å²) in [5.74, 6) is 0.689. The van der Waals surface area contributed by atoms with E-state index in [1.54, 1.807) is 0 Å². The van der Waals surface area contributed by atoms with Crippen LogP contribution in [0.15, 0.2) is 0 Å². The van der Waals surface area contributed by atoms with Gasteiger partial charge in [-0.3, -0.25) is 0 Å². The van der Waals surface area contributed by atoms with Gasteiger partial charge in [0.2, 0.25) is 0 Å². The minimum absolute atomic E-state index is 0.570. The summed E-state index contributed by atoms with van der Waals surface area (Å²) in [6.45, 7) is 12.6. The summed E-state index contributed by atoms with van der Waals surface area (Å²) < 4.78 is 0. The standard InChI is InChI=1S/C15H33N3/c1-12(2)15(17-13(3)4)11-16-9-8-14-7-6-10-18(14)5/h12-17H,6-11H2,1-5H3. The highest BCUT2D eigenvalue weighted by Gasteiger charge is 2.20. The molecule has 0 bridgehead atoms. The van der Waals surface area contributed by atoms with Gasteiger partial charge in [0.15, 0.2) is 0 Å². The van der Waals surface area contributed by atoms with E-state index in [9.17, 15) is 0 Å². The number of nitrogens with one attached hydrogen (secondary N) is 2. The first-order valence-electron chi connectivity index (χ1n) is 7.67. The molecule has 1 fully saturated rings. The Labute approximate surface area is 114 Å². The van der Waals surface area contributed by atoms with E-state index >= 15 is 0 Å². The van der Waals surface area contributed by atoms with Crippen molar-refractivity contribution in [2.24, 2.45) is 5.92 Å². The lowest BCUT2D eigenvalue weighted by Crippen LogP contribution is -2.46. The van der Waals surface area contributed by atoms with E-state index in [1.807, 2.05) is 0 Å². The summed E-state index contributed by atoms with van der Waals surface area (Å²) in [5.41, 5.74) is 0. The molecule has 1 heterocycles. The van der Waals surface area contributed by atoms with E-state index in [4.69, 9.17) is 0 Å². The third kappa shape index (κ3) is 5.68. The molecular formula is C15H33N3. The van der Waals surface area contributed by atoms with E-state index in [2.05, 4.69) is 50.3 Å². The van der Waals surface area contributed by atoms with Crippen molar-refractivity contribution in [3.63, 3.8) is 0 Å². The molecule has 0 spiro atoms. The van der Waals surface area contributed by atoms with Gasteiger partial charge in [0.05, 0.1) is 0 Å². The van der Waals surface area contributed by atoms with Crippen molar-refractivity contribution >= 4 is 0 Å². The summed E-state index contributed by atoms with van der Waals surface area (Å²) in [4.78, 5) is 2.51. The first kappa shape index (κ1) is 15.9. The molecular weight excluding hydrogens is 222 g/mol. The fourth-order valence-corrected chi connectivity index (χ4v) is 2.79. The summed E-state index contributed by atoms with van der Waals surface area (Å²) in [7, 11) is 2.26. The maximum absolute atomic E-state index is 3.64. The highest BCUT2D eigenvalue weighted by molar-refractivity contribution is 4.79. The van der Waals surface area contributed by atoms with Gasteiger partial charge in [-0.15, -0.1) is 0 Å². The number of hydrogen-bond donors (Lipinski definition) is 2. The fraction of sp³-hybridized carbons (Fsp3) is 1.00. The van der Waals surface area contributed by atoms with Crippen LogP contribution < -0.4 is 10.6 Å². The van der Waals surface area contributed by atoms with Crippen molar-refractivity contribution in [2.75, 3.05) is 26.7 Å². The van der Waals surface area contributed by atoms with Crippen molar-refractivity contribution in [1.29, 1.82) is 0 Å². The van der Waals surface area contributed by atoms with Crippen molar-refractivity contribution < 1.29 is 0 Å². The predicted molar refractivity (Wildman–Crippen MR) is 80.0 cm³/mol. The van der Waals surface area contributed by atoms with Gasteiger partial charge in [0, 0.05) is 24.7 Å². The summed E-state index contributed by atoms with van der Waals surface area (Å²) >= 11 is 0. The van der Waals surface area contributed by atoms with Crippen molar-refractivity contribution in [3.05, 3.63) is 0 Å². The molecule has 0 amide bonds. The largest absolute Gasteiger partial charge is 0.315 e. The van der Waals surface area contributed by atoms with Crippen LogP contribution >= 0.6 is 0 Å². The molecule has 0 radical (unpaired) electrons.